The van der Waals surface area contributed by atoms with Crippen LogP contribution in [0.3, 0.4) is 0 Å². The summed E-state index contributed by atoms with van der Waals surface area (Å²) in [5.41, 5.74) is -0.639. The summed E-state index contributed by atoms with van der Waals surface area (Å²) in [4.78, 5) is 47.4. The summed E-state index contributed by atoms with van der Waals surface area (Å²) in [5.74, 6) is -3.97. The van der Waals surface area contributed by atoms with Gasteiger partial charge in [0.2, 0.25) is 17.7 Å². The third kappa shape index (κ3) is 1.98. The van der Waals surface area contributed by atoms with Crippen molar-refractivity contribution in [2.75, 3.05) is 6.54 Å². The third-order valence-corrected chi connectivity index (χ3v) is 4.07. The second-order valence-corrected chi connectivity index (χ2v) is 5.67. The first-order valence-corrected chi connectivity index (χ1v) is 6.05. The summed E-state index contributed by atoms with van der Waals surface area (Å²) in [7, 11) is 0. The fourth-order valence-electron chi connectivity index (χ4n) is 2.72. The summed E-state index contributed by atoms with van der Waals surface area (Å²) in [6, 6.07) is -0.754. The van der Waals surface area contributed by atoms with E-state index in [4.69, 9.17) is 5.11 Å². The SMILES string of the molecule is CC1C(=O)NC(=O)CN1C(=O)[C@H]1[C@@H](C(=O)O)C1(C)C. The van der Waals surface area contributed by atoms with E-state index in [1.54, 1.807) is 13.8 Å². The van der Waals surface area contributed by atoms with E-state index >= 15 is 0 Å². The molecule has 0 bridgehead atoms. The highest BCUT2D eigenvalue weighted by atomic mass is 16.4. The number of amides is 3. The van der Waals surface area contributed by atoms with Gasteiger partial charge in [-0.05, 0) is 12.3 Å². The monoisotopic (exact) mass is 268 g/mol. The number of nitrogens with one attached hydrogen (secondary N) is 1. The first-order valence-electron chi connectivity index (χ1n) is 6.05. The number of nitrogens with zero attached hydrogens (tertiary/aromatic N) is 1. The van der Waals surface area contributed by atoms with Crippen LogP contribution in [0.25, 0.3) is 0 Å². The van der Waals surface area contributed by atoms with Gasteiger partial charge in [-0.3, -0.25) is 24.5 Å². The first-order chi connectivity index (χ1) is 8.67. The van der Waals surface area contributed by atoms with Crippen LogP contribution in [-0.4, -0.2) is 46.3 Å². The highest BCUT2D eigenvalue weighted by Crippen LogP contribution is 2.59. The van der Waals surface area contributed by atoms with Gasteiger partial charge < -0.3 is 10.0 Å². The van der Waals surface area contributed by atoms with Crippen LogP contribution in [0.5, 0.6) is 0 Å². The van der Waals surface area contributed by atoms with E-state index in [1.165, 1.54) is 6.92 Å². The molecule has 19 heavy (non-hydrogen) atoms. The van der Waals surface area contributed by atoms with Crippen LogP contribution in [0.1, 0.15) is 20.8 Å². The average Bonchev–Trinajstić information content (AvgIpc) is 2.86. The maximum absolute atomic E-state index is 12.3. The summed E-state index contributed by atoms with van der Waals surface area (Å²) in [5, 5.41) is 11.2. The van der Waals surface area contributed by atoms with Crippen molar-refractivity contribution in [3.05, 3.63) is 0 Å². The zero-order valence-electron chi connectivity index (χ0n) is 11.0. The Morgan fingerprint density at radius 2 is 1.89 bits per heavy atom. The van der Waals surface area contributed by atoms with Crippen LogP contribution in [0.4, 0.5) is 0 Å². The maximum Gasteiger partial charge on any atom is 0.307 e. The minimum absolute atomic E-state index is 0.204. The fourth-order valence-corrected chi connectivity index (χ4v) is 2.72. The van der Waals surface area contributed by atoms with Gasteiger partial charge in [-0.25, -0.2) is 0 Å². The van der Waals surface area contributed by atoms with E-state index < -0.39 is 47.0 Å². The quantitative estimate of drug-likeness (QED) is 0.639. The van der Waals surface area contributed by atoms with Crippen molar-refractivity contribution in [2.24, 2.45) is 17.3 Å². The van der Waals surface area contributed by atoms with Crippen LogP contribution >= 0.6 is 0 Å². The lowest BCUT2D eigenvalue weighted by Crippen LogP contribution is -2.59. The van der Waals surface area contributed by atoms with Gasteiger partial charge in [0.15, 0.2) is 0 Å². The molecule has 0 spiro atoms. The molecule has 3 atom stereocenters. The van der Waals surface area contributed by atoms with Crippen LogP contribution < -0.4 is 5.32 Å². The second kappa shape index (κ2) is 4.04. The predicted molar refractivity (Wildman–Crippen MR) is 62.7 cm³/mol. The lowest BCUT2D eigenvalue weighted by Gasteiger charge is -2.32. The number of carboxylic acid groups (broad SMARTS) is 1. The third-order valence-electron chi connectivity index (χ3n) is 4.07. The average molecular weight is 268 g/mol. The molecule has 0 radical (unpaired) electrons. The molecular weight excluding hydrogens is 252 g/mol. The predicted octanol–water partition coefficient (Wildman–Crippen LogP) is -0.783. The number of hydrogen-bond donors (Lipinski definition) is 2. The van der Waals surface area contributed by atoms with Crippen LogP contribution in [-0.2, 0) is 19.2 Å². The molecule has 1 heterocycles. The molecule has 1 aliphatic heterocycles. The molecular formula is C12H16N2O5. The molecule has 1 saturated carbocycles. The number of carbonyl (C=O) groups is 4. The Labute approximate surface area is 109 Å². The van der Waals surface area contributed by atoms with Gasteiger partial charge >= 0.3 is 5.97 Å². The van der Waals surface area contributed by atoms with Crippen molar-refractivity contribution in [2.45, 2.75) is 26.8 Å². The van der Waals surface area contributed by atoms with E-state index in [2.05, 4.69) is 5.32 Å². The summed E-state index contributed by atoms with van der Waals surface area (Å²) in [6.07, 6.45) is 0. The standard InChI is InChI=1S/C12H16N2O5/c1-5-9(16)13-6(15)4-14(5)10(17)7-8(11(18)19)12(7,2)3/h5,7-8H,4H2,1-3H3,(H,18,19)(H,13,15,16)/t5?,7-,8+/m1/s1. The van der Waals surface area contributed by atoms with Crippen LogP contribution in [0.15, 0.2) is 0 Å². The number of aliphatic carboxylic acids is 1. The summed E-state index contributed by atoms with van der Waals surface area (Å²) >= 11 is 0. The number of imide groups is 1. The van der Waals surface area contributed by atoms with E-state index in [1.807, 2.05) is 0 Å². The number of piperazine rings is 1. The van der Waals surface area contributed by atoms with E-state index in [-0.39, 0.29) is 6.54 Å². The fraction of sp³-hybridized carbons (Fsp3) is 0.667. The van der Waals surface area contributed by atoms with Crippen molar-refractivity contribution < 1.29 is 24.3 Å². The molecule has 2 rings (SSSR count). The molecule has 1 saturated heterocycles. The lowest BCUT2D eigenvalue weighted by molar-refractivity contribution is -0.151. The molecule has 3 amide bonds. The number of carbonyl (C=O) groups excluding carboxylic acids is 3. The Balaban J connectivity index is 2.19. The zero-order valence-corrected chi connectivity index (χ0v) is 11.0. The highest BCUT2D eigenvalue weighted by Gasteiger charge is 2.67. The van der Waals surface area contributed by atoms with Gasteiger partial charge in [0.1, 0.15) is 12.6 Å². The van der Waals surface area contributed by atoms with Gasteiger partial charge in [-0.15, -0.1) is 0 Å². The largest absolute Gasteiger partial charge is 0.481 e. The molecule has 104 valence electrons. The van der Waals surface area contributed by atoms with Crippen molar-refractivity contribution in [3.8, 4) is 0 Å². The van der Waals surface area contributed by atoms with Gasteiger partial charge in [0.05, 0.1) is 11.8 Å². The smallest absolute Gasteiger partial charge is 0.307 e. The molecule has 0 aromatic heterocycles. The Morgan fingerprint density at radius 1 is 1.32 bits per heavy atom. The normalized spacial score (nSPS) is 32.8. The number of carboxylic acids is 1. The Kier molecular flexibility index (Phi) is 2.87. The minimum atomic E-state index is -1.02. The van der Waals surface area contributed by atoms with Crippen molar-refractivity contribution in [1.82, 2.24) is 10.2 Å². The maximum atomic E-state index is 12.3. The Morgan fingerprint density at radius 3 is 2.37 bits per heavy atom. The molecule has 2 fully saturated rings. The molecule has 0 aromatic rings. The van der Waals surface area contributed by atoms with Crippen molar-refractivity contribution in [1.29, 1.82) is 0 Å². The molecule has 1 unspecified atom stereocenters. The summed E-state index contributed by atoms with van der Waals surface area (Å²) < 4.78 is 0. The lowest BCUT2D eigenvalue weighted by atomic mass is 10.1. The summed E-state index contributed by atoms with van der Waals surface area (Å²) in [6.45, 7) is 4.71. The first kappa shape index (κ1) is 13.5. The Hall–Kier alpha value is -1.92. The van der Waals surface area contributed by atoms with E-state index in [9.17, 15) is 19.2 Å². The molecule has 7 heteroatoms. The van der Waals surface area contributed by atoms with Crippen molar-refractivity contribution >= 4 is 23.7 Å². The zero-order chi connectivity index (χ0) is 14.5. The molecule has 7 nitrogen and oxygen atoms in total. The van der Waals surface area contributed by atoms with Gasteiger partial charge in [-0.2, -0.15) is 0 Å². The van der Waals surface area contributed by atoms with E-state index in [0.717, 1.165) is 4.90 Å². The molecule has 0 aromatic carbocycles. The van der Waals surface area contributed by atoms with E-state index in [0.29, 0.717) is 0 Å². The topological polar surface area (TPSA) is 104 Å². The number of hydrogen-bond acceptors (Lipinski definition) is 4. The van der Waals surface area contributed by atoms with Crippen LogP contribution in [0, 0.1) is 17.3 Å². The van der Waals surface area contributed by atoms with Gasteiger partial charge in [0.25, 0.3) is 0 Å². The molecule has 2 aliphatic rings. The highest BCUT2D eigenvalue weighted by molar-refractivity contribution is 6.05. The minimum Gasteiger partial charge on any atom is -0.481 e. The molecule has 1 aliphatic carbocycles. The van der Waals surface area contributed by atoms with Gasteiger partial charge in [0, 0.05) is 0 Å². The van der Waals surface area contributed by atoms with Crippen molar-refractivity contribution in [3.63, 3.8) is 0 Å². The second-order valence-electron chi connectivity index (χ2n) is 5.67. The molecule has 2 N–H and O–H groups in total. The number of rotatable bonds is 2. The van der Waals surface area contributed by atoms with Crippen LogP contribution in [0.2, 0.25) is 0 Å². The Bertz CT molecular complexity index is 485. The van der Waals surface area contributed by atoms with Gasteiger partial charge in [-0.1, -0.05) is 13.8 Å².